The van der Waals surface area contributed by atoms with Crippen molar-refractivity contribution in [3.63, 3.8) is 0 Å². The Bertz CT molecular complexity index is 888. The molecule has 0 saturated heterocycles. The van der Waals surface area contributed by atoms with Crippen LogP contribution in [0.25, 0.3) is 10.2 Å². The standard InChI is InChI=1S/C16H12BrCl2NO2S/c1-2-22-16(21)13-6-14-12(7-15(17)23-14)20(13)8-9-3-4-10(18)11(19)5-9/h3-7H,2,8H2,1H3. The molecule has 0 spiro atoms. The molecule has 0 bridgehead atoms. The van der Waals surface area contributed by atoms with E-state index in [2.05, 4.69) is 15.9 Å². The predicted molar refractivity (Wildman–Crippen MR) is 99.0 cm³/mol. The zero-order valence-electron chi connectivity index (χ0n) is 12.1. The largest absolute Gasteiger partial charge is 0.461 e. The van der Waals surface area contributed by atoms with Gasteiger partial charge >= 0.3 is 5.97 Å². The summed E-state index contributed by atoms with van der Waals surface area (Å²) < 4.78 is 9.15. The summed E-state index contributed by atoms with van der Waals surface area (Å²) in [5.74, 6) is -0.327. The minimum absolute atomic E-state index is 0.327. The lowest BCUT2D eigenvalue weighted by molar-refractivity contribution is 0.0515. The topological polar surface area (TPSA) is 31.2 Å². The van der Waals surface area contributed by atoms with Crippen molar-refractivity contribution in [3.8, 4) is 0 Å². The van der Waals surface area contributed by atoms with Crippen LogP contribution in [0.15, 0.2) is 34.1 Å². The fourth-order valence-corrected chi connectivity index (χ4v) is 4.26. The molecule has 3 rings (SSSR count). The third-order valence-electron chi connectivity index (χ3n) is 3.37. The minimum atomic E-state index is -0.327. The van der Waals surface area contributed by atoms with Crippen LogP contribution in [0, 0.1) is 0 Å². The van der Waals surface area contributed by atoms with Gasteiger partial charge in [0.1, 0.15) is 5.69 Å². The molecular formula is C16H12BrCl2NO2S. The van der Waals surface area contributed by atoms with Gasteiger partial charge in [0.15, 0.2) is 0 Å². The van der Waals surface area contributed by atoms with Gasteiger partial charge in [-0.3, -0.25) is 0 Å². The van der Waals surface area contributed by atoms with Crippen molar-refractivity contribution in [1.82, 2.24) is 4.57 Å². The number of fused-ring (bicyclic) bond motifs is 1. The van der Waals surface area contributed by atoms with Gasteiger partial charge < -0.3 is 9.30 Å². The first-order chi connectivity index (χ1) is 11.0. The maximum absolute atomic E-state index is 12.2. The van der Waals surface area contributed by atoms with Crippen molar-refractivity contribution < 1.29 is 9.53 Å². The Hall–Kier alpha value is -1.01. The van der Waals surface area contributed by atoms with Crippen LogP contribution in [0.5, 0.6) is 0 Å². The summed E-state index contributed by atoms with van der Waals surface area (Å²) in [6, 6.07) is 9.33. The fourth-order valence-electron chi connectivity index (χ4n) is 2.38. The smallest absolute Gasteiger partial charge is 0.355 e. The molecule has 0 unspecified atom stereocenters. The molecule has 0 N–H and O–H groups in total. The normalized spacial score (nSPS) is 11.1. The Morgan fingerprint density at radius 1 is 1.26 bits per heavy atom. The maximum Gasteiger partial charge on any atom is 0.355 e. The first-order valence-corrected chi connectivity index (χ1v) is 9.25. The summed E-state index contributed by atoms with van der Waals surface area (Å²) in [4.78, 5) is 12.2. The van der Waals surface area contributed by atoms with Crippen molar-refractivity contribution in [2.75, 3.05) is 6.61 Å². The number of halogens is 3. The second-order valence-electron chi connectivity index (χ2n) is 4.88. The molecule has 23 heavy (non-hydrogen) atoms. The number of esters is 1. The number of nitrogens with zero attached hydrogens (tertiary/aromatic N) is 1. The SMILES string of the molecule is CCOC(=O)c1cc2sc(Br)cc2n1Cc1ccc(Cl)c(Cl)c1. The highest BCUT2D eigenvalue weighted by Gasteiger charge is 2.19. The molecule has 0 fully saturated rings. The lowest BCUT2D eigenvalue weighted by Crippen LogP contribution is -2.12. The van der Waals surface area contributed by atoms with E-state index in [1.165, 1.54) is 0 Å². The van der Waals surface area contributed by atoms with E-state index in [-0.39, 0.29) is 5.97 Å². The van der Waals surface area contributed by atoms with E-state index in [1.807, 2.05) is 28.8 Å². The lowest BCUT2D eigenvalue weighted by atomic mass is 10.2. The van der Waals surface area contributed by atoms with Gasteiger partial charge in [0.2, 0.25) is 0 Å². The number of rotatable bonds is 4. The zero-order valence-corrected chi connectivity index (χ0v) is 16.0. The first-order valence-electron chi connectivity index (χ1n) is 6.89. The highest BCUT2D eigenvalue weighted by molar-refractivity contribution is 9.11. The van der Waals surface area contributed by atoms with Gasteiger partial charge in [0.25, 0.3) is 0 Å². The number of thiophene rings is 1. The number of hydrogen-bond donors (Lipinski definition) is 0. The summed E-state index contributed by atoms with van der Waals surface area (Å²) in [5, 5.41) is 1.01. The number of ether oxygens (including phenoxy) is 1. The molecule has 3 nitrogen and oxygen atoms in total. The second-order valence-corrected chi connectivity index (χ2v) is 8.16. The monoisotopic (exact) mass is 431 g/mol. The molecule has 0 atom stereocenters. The number of benzene rings is 1. The van der Waals surface area contributed by atoms with Crippen LogP contribution < -0.4 is 0 Å². The van der Waals surface area contributed by atoms with Crippen LogP contribution >= 0.6 is 50.5 Å². The molecule has 0 aliphatic heterocycles. The highest BCUT2D eigenvalue weighted by atomic mass is 79.9. The average molecular weight is 433 g/mol. The van der Waals surface area contributed by atoms with Crippen molar-refractivity contribution >= 4 is 66.7 Å². The van der Waals surface area contributed by atoms with Crippen molar-refractivity contribution in [3.05, 3.63) is 55.4 Å². The minimum Gasteiger partial charge on any atom is -0.461 e. The van der Waals surface area contributed by atoms with Gasteiger partial charge in [0, 0.05) is 6.54 Å². The van der Waals surface area contributed by atoms with Gasteiger partial charge in [-0.05, 0) is 52.7 Å². The quantitative estimate of drug-likeness (QED) is 0.473. The maximum atomic E-state index is 12.2. The molecule has 120 valence electrons. The average Bonchev–Trinajstić information content (AvgIpc) is 3.01. The summed E-state index contributed by atoms with van der Waals surface area (Å²) >= 11 is 17.1. The van der Waals surface area contributed by atoms with E-state index >= 15 is 0 Å². The molecule has 1 aromatic carbocycles. The molecule has 0 amide bonds. The molecule has 7 heteroatoms. The highest BCUT2D eigenvalue weighted by Crippen LogP contribution is 2.33. The van der Waals surface area contributed by atoms with Crippen LogP contribution in [-0.4, -0.2) is 17.1 Å². The van der Waals surface area contributed by atoms with Crippen LogP contribution in [0.3, 0.4) is 0 Å². The third-order valence-corrected chi connectivity index (χ3v) is 5.68. The molecule has 3 aromatic rings. The molecule has 2 heterocycles. The molecule has 0 radical (unpaired) electrons. The number of hydrogen-bond acceptors (Lipinski definition) is 3. The lowest BCUT2D eigenvalue weighted by Gasteiger charge is -2.10. The van der Waals surface area contributed by atoms with Gasteiger partial charge in [-0.1, -0.05) is 29.3 Å². The van der Waals surface area contributed by atoms with Gasteiger partial charge in [-0.15, -0.1) is 11.3 Å². The molecule has 0 saturated carbocycles. The number of carbonyl (C=O) groups is 1. The number of carbonyl (C=O) groups excluding carboxylic acids is 1. The molecule has 0 aliphatic carbocycles. The van der Waals surface area contributed by atoms with Crippen LogP contribution in [0.2, 0.25) is 10.0 Å². The van der Waals surface area contributed by atoms with E-state index in [4.69, 9.17) is 27.9 Å². The second kappa shape index (κ2) is 6.85. The van der Waals surface area contributed by atoms with E-state index in [0.717, 1.165) is 19.6 Å². The van der Waals surface area contributed by atoms with Gasteiger partial charge in [-0.25, -0.2) is 4.79 Å². The summed E-state index contributed by atoms with van der Waals surface area (Å²) in [5.41, 5.74) is 2.48. The van der Waals surface area contributed by atoms with Crippen LogP contribution in [-0.2, 0) is 11.3 Å². The molecular weight excluding hydrogens is 421 g/mol. The van der Waals surface area contributed by atoms with E-state index in [0.29, 0.717) is 28.9 Å². The Morgan fingerprint density at radius 2 is 2.04 bits per heavy atom. The third kappa shape index (κ3) is 3.43. The van der Waals surface area contributed by atoms with Crippen molar-refractivity contribution in [2.45, 2.75) is 13.5 Å². The van der Waals surface area contributed by atoms with E-state index < -0.39 is 0 Å². The summed E-state index contributed by atoms with van der Waals surface area (Å²) in [6.07, 6.45) is 0. The van der Waals surface area contributed by atoms with Crippen molar-refractivity contribution in [2.24, 2.45) is 0 Å². The van der Waals surface area contributed by atoms with Gasteiger partial charge in [0.05, 0.1) is 30.7 Å². The zero-order chi connectivity index (χ0) is 16.6. The van der Waals surface area contributed by atoms with Crippen molar-refractivity contribution in [1.29, 1.82) is 0 Å². The summed E-state index contributed by atoms with van der Waals surface area (Å²) in [7, 11) is 0. The van der Waals surface area contributed by atoms with Gasteiger partial charge in [-0.2, -0.15) is 0 Å². The Labute approximate surface area is 155 Å². The van der Waals surface area contributed by atoms with Crippen LogP contribution in [0.4, 0.5) is 0 Å². The molecule has 2 aromatic heterocycles. The van der Waals surface area contributed by atoms with E-state index in [9.17, 15) is 4.79 Å². The summed E-state index contributed by atoms with van der Waals surface area (Å²) in [6.45, 7) is 2.65. The van der Waals surface area contributed by atoms with Crippen LogP contribution in [0.1, 0.15) is 23.0 Å². The molecule has 0 aliphatic rings. The first kappa shape index (κ1) is 16.8. The fraction of sp³-hybridized carbons (Fsp3) is 0.188. The number of aromatic nitrogens is 1. The Balaban J connectivity index is 2.07. The Morgan fingerprint density at radius 3 is 2.74 bits per heavy atom. The predicted octanol–water partition coefficient (Wildman–Crippen LogP) is 6.00. The Kier molecular flexibility index (Phi) is 5.01. The van der Waals surface area contributed by atoms with E-state index in [1.54, 1.807) is 24.3 Å².